The van der Waals surface area contributed by atoms with Crippen molar-refractivity contribution >= 4 is 11.7 Å². The zero-order chi connectivity index (χ0) is 24.7. The Bertz CT molecular complexity index is 1390. The summed E-state index contributed by atoms with van der Waals surface area (Å²) in [4.78, 5) is 17.3. The first-order chi connectivity index (χ1) is 16.8. The monoisotopic (exact) mass is 483 g/mol. The van der Waals surface area contributed by atoms with Crippen LogP contribution < -0.4 is 4.74 Å². The van der Waals surface area contributed by atoms with Crippen LogP contribution in [0.1, 0.15) is 11.3 Å². The predicted octanol–water partition coefficient (Wildman–Crippen LogP) is 3.70. The lowest BCUT2D eigenvalue weighted by atomic mass is 10.0. The summed E-state index contributed by atoms with van der Waals surface area (Å²) in [6.45, 7) is 2.57. The number of nitrogens with zero attached hydrogens (tertiary/aromatic N) is 5. The third-order valence-electron chi connectivity index (χ3n) is 6.03. The number of methoxy groups -OCH3 is 1. The van der Waals surface area contributed by atoms with Crippen molar-refractivity contribution in [1.29, 1.82) is 0 Å². The van der Waals surface area contributed by atoms with Crippen LogP contribution in [0.4, 0.5) is 13.6 Å². The number of rotatable bonds is 5. The number of fused-ring (bicyclic) bond motifs is 1. The molecule has 0 radical (unpaired) electrons. The van der Waals surface area contributed by atoms with E-state index in [-0.39, 0.29) is 43.1 Å². The van der Waals surface area contributed by atoms with E-state index < -0.39 is 23.8 Å². The largest absolute Gasteiger partial charge is 0.493 e. The maximum Gasteiger partial charge on any atom is 0.407 e. The van der Waals surface area contributed by atoms with Gasteiger partial charge in [0.15, 0.2) is 5.75 Å². The summed E-state index contributed by atoms with van der Waals surface area (Å²) < 4.78 is 44.8. The van der Waals surface area contributed by atoms with Gasteiger partial charge in [0.05, 0.1) is 61.4 Å². The molecular formula is C24H23F2N5O4. The van der Waals surface area contributed by atoms with Gasteiger partial charge in [0, 0.05) is 31.3 Å². The van der Waals surface area contributed by atoms with Gasteiger partial charge in [-0.2, -0.15) is 5.10 Å². The number of pyridine rings is 1. The Morgan fingerprint density at radius 2 is 2.06 bits per heavy atom. The average Bonchev–Trinajstić information content (AvgIpc) is 3.44. The summed E-state index contributed by atoms with van der Waals surface area (Å²) in [6, 6.07) is 6.06. The van der Waals surface area contributed by atoms with Gasteiger partial charge in [-0.05, 0) is 24.6 Å². The molecule has 4 aromatic rings. The first-order valence-corrected chi connectivity index (χ1v) is 11.0. The molecule has 1 N–H and O–H groups in total. The maximum absolute atomic E-state index is 15.4. The van der Waals surface area contributed by atoms with Crippen molar-refractivity contribution in [1.82, 2.24) is 24.1 Å². The summed E-state index contributed by atoms with van der Waals surface area (Å²) in [5.74, 6) is -1.14. The Kier molecular flexibility index (Phi) is 5.85. The van der Waals surface area contributed by atoms with Crippen LogP contribution in [0.3, 0.4) is 0 Å². The molecule has 1 aliphatic heterocycles. The van der Waals surface area contributed by atoms with Crippen LogP contribution in [-0.2, 0) is 11.2 Å². The molecule has 4 heterocycles. The van der Waals surface area contributed by atoms with Crippen molar-refractivity contribution < 1.29 is 28.2 Å². The Labute approximate surface area is 199 Å². The molecule has 1 unspecified atom stereocenters. The van der Waals surface area contributed by atoms with E-state index in [4.69, 9.17) is 9.47 Å². The molecule has 1 aliphatic rings. The number of morpholine rings is 1. The van der Waals surface area contributed by atoms with E-state index in [1.807, 2.05) is 19.1 Å². The van der Waals surface area contributed by atoms with Gasteiger partial charge in [-0.25, -0.2) is 23.2 Å². The fourth-order valence-corrected chi connectivity index (χ4v) is 4.30. The number of halogens is 2. The number of hydrogen-bond donors (Lipinski definition) is 1. The molecule has 35 heavy (non-hydrogen) atoms. The molecule has 0 spiro atoms. The lowest BCUT2D eigenvalue weighted by Crippen LogP contribution is -2.45. The highest BCUT2D eigenvalue weighted by Crippen LogP contribution is 2.33. The summed E-state index contributed by atoms with van der Waals surface area (Å²) >= 11 is 0. The minimum absolute atomic E-state index is 0.145. The molecule has 1 amide bonds. The molecule has 1 saturated heterocycles. The number of benzene rings is 1. The van der Waals surface area contributed by atoms with Crippen molar-refractivity contribution in [2.24, 2.45) is 0 Å². The number of hydrogen-bond acceptors (Lipinski definition) is 5. The third-order valence-corrected chi connectivity index (χ3v) is 6.03. The van der Waals surface area contributed by atoms with Crippen LogP contribution in [0, 0.1) is 18.6 Å². The van der Waals surface area contributed by atoms with Crippen LogP contribution in [0.25, 0.3) is 22.6 Å². The molecule has 1 fully saturated rings. The highest BCUT2D eigenvalue weighted by molar-refractivity contribution is 5.69. The lowest BCUT2D eigenvalue weighted by molar-refractivity contribution is -0.0214. The lowest BCUT2D eigenvalue weighted by Gasteiger charge is -2.31. The molecule has 0 bridgehead atoms. The summed E-state index contributed by atoms with van der Waals surface area (Å²) in [5, 5.41) is 13.4. The summed E-state index contributed by atoms with van der Waals surface area (Å²) in [5.41, 5.74) is 2.07. The first-order valence-electron chi connectivity index (χ1n) is 11.0. The van der Waals surface area contributed by atoms with E-state index in [0.717, 1.165) is 5.56 Å². The van der Waals surface area contributed by atoms with E-state index in [2.05, 4.69) is 10.1 Å². The average molecular weight is 483 g/mol. The highest BCUT2D eigenvalue weighted by atomic mass is 19.1. The van der Waals surface area contributed by atoms with Gasteiger partial charge in [-0.15, -0.1) is 0 Å². The second-order valence-corrected chi connectivity index (χ2v) is 8.37. The second-order valence-electron chi connectivity index (χ2n) is 8.37. The van der Waals surface area contributed by atoms with Gasteiger partial charge in [0.2, 0.25) is 0 Å². The smallest absolute Gasteiger partial charge is 0.407 e. The maximum atomic E-state index is 15.4. The first kappa shape index (κ1) is 22.8. The van der Waals surface area contributed by atoms with Gasteiger partial charge in [-0.3, -0.25) is 0 Å². The number of aromatic nitrogens is 4. The minimum atomic E-state index is -1.03. The molecule has 1 aromatic carbocycles. The fraction of sp³-hybridized carbons (Fsp3) is 0.292. The van der Waals surface area contributed by atoms with Crippen molar-refractivity contribution in [2.45, 2.75) is 19.4 Å². The Balaban J connectivity index is 1.59. The molecule has 11 heteroatoms. The third kappa shape index (κ3) is 4.30. The number of carbonyl (C=O) groups is 1. The van der Waals surface area contributed by atoms with E-state index in [1.54, 1.807) is 10.6 Å². The molecule has 3 aromatic heterocycles. The molecule has 9 nitrogen and oxygen atoms in total. The van der Waals surface area contributed by atoms with Crippen molar-refractivity contribution in [3.05, 3.63) is 65.7 Å². The van der Waals surface area contributed by atoms with E-state index in [0.29, 0.717) is 17.1 Å². The predicted molar refractivity (Wildman–Crippen MR) is 122 cm³/mol. The van der Waals surface area contributed by atoms with Gasteiger partial charge < -0.3 is 23.9 Å². The summed E-state index contributed by atoms with van der Waals surface area (Å²) in [6.07, 6.45) is 3.45. The van der Waals surface area contributed by atoms with Crippen molar-refractivity contribution in [2.75, 3.05) is 26.8 Å². The van der Waals surface area contributed by atoms with E-state index in [1.165, 1.54) is 41.2 Å². The van der Waals surface area contributed by atoms with Crippen LogP contribution in [0.15, 0.2) is 42.9 Å². The van der Waals surface area contributed by atoms with E-state index in [9.17, 15) is 9.90 Å². The number of amides is 1. The molecule has 0 aliphatic carbocycles. The van der Waals surface area contributed by atoms with Crippen LogP contribution in [0.2, 0.25) is 0 Å². The van der Waals surface area contributed by atoms with Crippen LogP contribution >= 0.6 is 0 Å². The Morgan fingerprint density at radius 3 is 2.74 bits per heavy atom. The SMILES string of the molecule is COc1cnn(-c2cc(F)c(-c3nc4cc(C)ccn4c3CC3CN(C(=O)O)CCO3)c(F)c2)c1. The normalized spacial score (nSPS) is 16.1. The minimum Gasteiger partial charge on any atom is -0.493 e. The van der Waals surface area contributed by atoms with Gasteiger partial charge in [-0.1, -0.05) is 0 Å². The molecule has 1 atom stereocenters. The fourth-order valence-electron chi connectivity index (χ4n) is 4.30. The van der Waals surface area contributed by atoms with Crippen molar-refractivity contribution in [3.8, 4) is 22.7 Å². The van der Waals surface area contributed by atoms with Crippen molar-refractivity contribution in [3.63, 3.8) is 0 Å². The van der Waals surface area contributed by atoms with Crippen LogP contribution in [-0.4, -0.2) is 68.2 Å². The summed E-state index contributed by atoms with van der Waals surface area (Å²) in [7, 11) is 1.48. The van der Waals surface area contributed by atoms with E-state index >= 15 is 8.78 Å². The topological polar surface area (TPSA) is 94.1 Å². The van der Waals surface area contributed by atoms with Crippen LogP contribution in [0.5, 0.6) is 5.75 Å². The number of carboxylic acid groups (broad SMARTS) is 1. The number of imidazole rings is 1. The quantitative estimate of drug-likeness (QED) is 0.465. The zero-order valence-electron chi connectivity index (χ0n) is 19.1. The number of aryl methyl sites for hydroxylation is 1. The Morgan fingerprint density at radius 1 is 1.29 bits per heavy atom. The second kappa shape index (κ2) is 8.99. The molecule has 182 valence electrons. The number of ether oxygens (including phenoxy) is 2. The standard InChI is InChI=1S/C24H23F2N5O4/c1-14-3-4-30-20(10-16-12-29(24(32)33)5-6-35-16)23(28-21(30)7-14)22-18(25)8-15(9-19(22)26)31-13-17(34-2)11-27-31/h3-4,7-9,11,13,16H,5-6,10,12H2,1-2H3,(H,32,33). The van der Waals surface area contributed by atoms with Gasteiger partial charge in [0.25, 0.3) is 0 Å². The van der Waals surface area contributed by atoms with Gasteiger partial charge in [0.1, 0.15) is 17.3 Å². The zero-order valence-corrected chi connectivity index (χ0v) is 19.1. The highest BCUT2D eigenvalue weighted by Gasteiger charge is 2.28. The van der Waals surface area contributed by atoms with Gasteiger partial charge >= 0.3 is 6.09 Å². The Hall–Kier alpha value is -3.99. The molecule has 5 rings (SSSR count). The molecule has 0 saturated carbocycles. The molecular weight excluding hydrogens is 460 g/mol.